The van der Waals surface area contributed by atoms with Crippen molar-refractivity contribution in [1.82, 2.24) is 0 Å². The fraction of sp³-hybridized carbons (Fsp3) is 0.200. The van der Waals surface area contributed by atoms with E-state index in [1.165, 1.54) is 0 Å². The van der Waals surface area contributed by atoms with Crippen LogP contribution in [0.25, 0.3) is 0 Å². The molecule has 0 saturated carbocycles. The molecule has 0 bridgehead atoms. The van der Waals surface area contributed by atoms with E-state index < -0.39 is 6.04 Å². The van der Waals surface area contributed by atoms with Gasteiger partial charge < -0.3 is 10.1 Å². The maximum atomic E-state index is 10.9. The summed E-state index contributed by atoms with van der Waals surface area (Å²) in [4.78, 5) is 10.6. The molecule has 2 aromatic carbocycles. The Hall–Kier alpha value is -2.08. The number of halogens is 1. The van der Waals surface area contributed by atoms with Crippen LogP contribution in [-0.4, -0.2) is 18.6 Å². The number of nitrogens with zero attached hydrogens (tertiary/aromatic N) is 1. The molecule has 1 unspecified atom stereocenters. The first kappa shape index (κ1) is 15.3. The van der Waals surface area contributed by atoms with Crippen LogP contribution in [0.4, 0.5) is 5.69 Å². The monoisotopic (exact) mass is 350 g/mol. The smallest absolute Gasteiger partial charge is 0.228 e. The van der Waals surface area contributed by atoms with Crippen LogP contribution < -0.4 is 10.1 Å². The van der Waals surface area contributed by atoms with Gasteiger partial charge in [-0.3, -0.25) is 10.1 Å². The Labute approximate surface area is 131 Å². The lowest BCUT2D eigenvalue weighted by Gasteiger charge is -2.19. The van der Waals surface area contributed by atoms with Crippen LogP contribution in [0.2, 0.25) is 0 Å². The lowest BCUT2D eigenvalue weighted by molar-refractivity contribution is -0.482. The highest BCUT2D eigenvalue weighted by Crippen LogP contribution is 2.28. The van der Waals surface area contributed by atoms with E-state index in [1.807, 2.05) is 42.5 Å². The first-order chi connectivity index (χ1) is 10.1. The molecule has 0 aromatic heterocycles. The van der Waals surface area contributed by atoms with E-state index in [9.17, 15) is 10.1 Å². The Morgan fingerprint density at radius 1 is 1.24 bits per heavy atom. The third kappa shape index (κ3) is 4.19. The highest BCUT2D eigenvalue weighted by atomic mass is 79.9. The van der Waals surface area contributed by atoms with Gasteiger partial charge in [-0.2, -0.15) is 0 Å². The van der Waals surface area contributed by atoms with Gasteiger partial charge in [-0.25, -0.2) is 0 Å². The first-order valence-corrected chi connectivity index (χ1v) is 7.16. The molecule has 6 heteroatoms. The summed E-state index contributed by atoms with van der Waals surface area (Å²) in [5, 5.41) is 14.1. The Bertz CT molecular complexity index is 617. The second kappa shape index (κ2) is 7.08. The van der Waals surface area contributed by atoms with Gasteiger partial charge in [0.25, 0.3) is 0 Å². The number of hydrogen-bond acceptors (Lipinski definition) is 4. The largest absolute Gasteiger partial charge is 0.496 e. The van der Waals surface area contributed by atoms with Gasteiger partial charge in [-0.05, 0) is 30.3 Å². The Morgan fingerprint density at radius 2 is 1.90 bits per heavy atom. The minimum absolute atomic E-state index is 0.226. The van der Waals surface area contributed by atoms with Crippen LogP contribution >= 0.6 is 15.9 Å². The van der Waals surface area contributed by atoms with Crippen LogP contribution in [-0.2, 0) is 0 Å². The van der Waals surface area contributed by atoms with Gasteiger partial charge in [0.15, 0.2) is 0 Å². The van der Waals surface area contributed by atoms with Gasteiger partial charge in [0.2, 0.25) is 6.54 Å². The summed E-state index contributed by atoms with van der Waals surface area (Å²) in [5.41, 5.74) is 1.58. The van der Waals surface area contributed by atoms with Crippen LogP contribution in [0.3, 0.4) is 0 Å². The van der Waals surface area contributed by atoms with Crippen molar-refractivity contribution in [1.29, 1.82) is 0 Å². The van der Waals surface area contributed by atoms with Gasteiger partial charge in [-0.15, -0.1) is 0 Å². The number of nitrogens with one attached hydrogen (secondary N) is 1. The summed E-state index contributed by atoms with van der Waals surface area (Å²) in [6, 6.07) is 14.3. The molecule has 0 fully saturated rings. The molecule has 0 radical (unpaired) electrons. The second-order valence-electron chi connectivity index (χ2n) is 4.46. The SMILES string of the molecule is COc1ccccc1C(C[N+](=O)[O-])Nc1ccc(Br)cc1. The normalized spacial score (nSPS) is 11.7. The molecule has 0 heterocycles. The maximum Gasteiger partial charge on any atom is 0.228 e. The summed E-state index contributed by atoms with van der Waals surface area (Å²) in [7, 11) is 1.56. The summed E-state index contributed by atoms with van der Waals surface area (Å²) < 4.78 is 6.25. The average Bonchev–Trinajstić information content (AvgIpc) is 2.48. The average molecular weight is 351 g/mol. The lowest BCUT2D eigenvalue weighted by Crippen LogP contribution is -2.21. The Morgan fingerprint density at radius 3 is 2.52 bits per heavy atom. The second-order valence-corrected chi connectivity index (χ2v) is 5.38. The molecule has 0 aliphatic rings. The molecule has 2 aromatic rings. The van der Waals surface area contributed by atoms with E-state index in [0.29, 0.717) is 5.75 Å². The fourth-order valence-electron chi connectivity index (χ4n) is 2.07. The van der Waals surface area contributed by atoms with Gasteiger partial charge in [0.05, 0.1) is 7.11 Å². The molecule has 0 amide bonds. The van der Waals surface area contributed by atoms with E-state index in [2.05, 4.69) is 21.2 Å². The van der Waals surface area contributed by atoms with Crippen molar-refractivity contribution in [2.45, 2.75) is 6.04 Å². The number of anilines is 1. The molecule has 0 aliphatic heterocycles. The van der Waals surface area contributed by atoms with Crippen LogP contribution in [0.5, 0.6) is 5.75 Å². The predicted molar refractivity (Wildman–Crippen MR) is 85.4 cm³/mol. The number of rotatable bonds is 6. The molecular formula is C15H15BrN2O3. The predicted octanol–water partition coefficient (Wildman–Crippen LogP) is 3.89. The minimum Gasteiger partial charge on any atom is -0.496 e. The van der Waals surface area contributed by atoms with Crippen molar-refractivity contribution in [2.75, 3.05) is 19.0 Å². The van der Waals surface area contributed by atoms with Crippen molar-refractivity contribution >= 4 is 21.6 Å². The highest BCUT2D eigenvalue weighted by Gasteiger charge is 2.21. The quantitative estimate of drug-likeness (QED) is 0.634. The zero-order valence-corrected chi connectivity index (χ0v) is 13.0. The molecule has 2 rings (SSSR count). The molecule has 0 spiro atoms. The van der Waals surface area contributed by atoms with Gasteiger partial charge in [0, 0.05) is 20.6 Å². The third-order valence-corrected chi connectivity index (χ3v) is 3.56. The molecule has 21 heavy (non-hydrogen) atoms. The van der Waals surface area contributed by atoms with Gasteiger partial charge in [-0.1, -0.05) is 34.1 Å². The number of para-hydroxylation sites is 1. The van der Waals surface area contributed by atoms with E-state index in [-0.39, 0.29) is 11.5 Å². The first-order valence-electron chi connectivity index (χ1n) is 6.37. The topological polar surface area (TPSA) is 64.4 Å². The van der Waals surface area contributed by atoms with Crippen molar-refractivity contribution < 1.29 is 9.66 Å². The van der Waals surface area contributed by atoms with Crippen molar-refractivity contribution in [3.63, 3.8) is 0 Å². The van der Waals surface area contributed by atoms with Crippen LogP contribution in [0.15, 0.2) is 53.0 Å². The fourth-order valence-corrected chi connectivity index (χ4v) is 2.34. The van der Waals surface area contributed by atoms with Gasteiger partial charge >= 0.3 is 0 Å². The van der Waals surface area contributed by atoms with Crippen molar-refractivity contribution in [3.05, 3.63) is 68.7 Å². The zero-order valence-electron chi connectivity index (χ0n) is 11.5. The summed E-state index contributed by atoms with van der Waals surface area (Å²) in [6.45, 7) is -0.226. The molecule has 5 nitrogen and oxygen atoms in total. The van der Waals surface area contributed by atoms with Crippen molar-refractivity contribution in [3.8, 4) is 5.75 Å². The number of methoxy groups -OCH3 is 1. The number of benzene rings is 2. The van der Waals surface area contributed by atoms with E-state index in [4.69, 9.17) is 4.74 Å². The molecule has 1 atom stereocenters. The third-order valence-electron chi connectivity index (χ3n) is 3.03. The van der Waals surface area contributed by atoms with E-state index >= 15 is 0 Å². The van der Waals surface area contributed by atoms with Crippen molar-refractivity contribution in [2.24, 2.45) is 0 Å². The summed E-state index contributed by atoms with van der Waals surface area (Å²) in [6.07, 6.45) is 0. The van der Waals surface area contributed by atoms with Gasteiger partial charge in [0.1, 0.15) is 11.8 Å². The molecule has 0 aliphatic carbocycles. The van der Waals surface area contributed by atoms with Crippen LogP contribution in [0.1, 0.15) is 11.6 Å². The number of nitro groups is 1. The maximum absolute atomic E-state index is 10.9. The lowest BCUT2D eigenvalue weighted by atomic mass is 10.1. The zero-order chi connectivity index (χ0) is 15.2. The van der Waals surface area contributed by atoms with E-state index in [1.54, 1.807) is 13.2 Å². The highest BCUT2D eigenvalue weighted by molar-refractivity contribution is 9.10. The summed E-state index contributed by atoms with van der Waals surface area (Å²) >= 11 is 3.36. The van der Waals surface area contributed by atoms with E-state index in [0.717, 1.165) is 15.7 Å². The molecule has 1 N–H and O–H groups in total. The Kier molecular flexibility index (Phi) is 5.16. The molecule has 0 saturated heterocycles. The molecular weight excluding hydrogens is 336 g/mol. The van der Waals surface area contributed by atoms with Crippen LogP contribution in [0, 0.1) is 10.1 Å². The standard InChI is InChI=1S/C15H15BrN2O3/c1-21-15-5-3-2-4-13(15)14(10-18(19)20)17-12-8-6-11(16)7-9-12/h2-9,14,17H,10H2,1H3. The summed E-state index contributed by atoms with van der Waals surface area (Å²) in [5.74, 6) is 0.633. The Balaban J connectivity index is 2.29. The minimum atomic E-state index is -0.461. The molecule has 110 valence electrons. The number of hydrogen-bond donors (Lipinski definition) is 1. The number of ether oxygens (including phenoxy) is 1.